The number of anilines is 3. The Balaban J connectivity index is 1.00. The van der Waals surface area contributed by atoms with Crippen LogP contribution in [0.25, 0.3) is 82.4 Å². The summed E-state index contributed by atoms with van der Waals surface area (Å²) in [6.45, 7) is 0. The van der Waals surface area contributed by atoms with Crippen LogP contribution in [0.4, 0.5) is 17.1 Å². The molecule has 0 saturated carbocycles. The van der Waals surface area contributed by atoms with Gasteiger partial charge in [0.15, 0.2) is 11.5 Å². The monoisotopic (exact) mass is 752 g/mol. The first-order valence-corrected chi connectivity index (χ1v) is 20.2. The molecule has 0 unspecified atom stereocenters. The van der Waals surface area contributed by atoms with Gasteiger partial charge in [0, 0.05) is 27.7 Å². The van der Waals surface area contributed by atoms with Gasteiger partial charge in [-0.2, -0.15) is 0 Å². The summed E-state index contributed by atoms with van der Waals surface area (Å²) < 4.78 is 8.75. The van der Waals surface area contributed by atoms with Crippen molar-refractivity contribution in [1.29, 1.82) is 0 Å². The topological polar surface area (TPSA) is 17.4 Å². The van der Waals surface area contributed by atoms with Gasteiger partial charge in [-0.3, -0.25) is 0 Å². The molecule has 0 radical (unpaired) electrons. The summed E-state index contributed by atoms with van der Waals surface area (Å²) in [6.07, 6.45) is 0. The molecule has 0 atom stereocenters. The maximum Gasteiger partial charge on any atom is 0.152 e. The minimum atomic E-state index is 0.872. The van der Waals surface area contributed by atoms with Crippen molar-refractivity contribution in [1.82, 2.24) is 4.57 Å². The van der Waals surface area contributed by atoms with E-state index in [0.717, 1.165) is 50.9 Å². The molecular weight excluding hydrogens is 717 g/mol. The second-order valence-electron chi connectivity index (χ2n) is 15.3. The third-order valence-electron chi connectivity index (χ3n) is 12.0. The zero-order valence-corrected chi connectivity index (χ0v) is 32.1. The summed E-state index contributed by atoms with van der Waals surface area (Å²) in [5, 5.41) is 7.45. The lowest BCUT2D eigenvalue weighted by molar-refractivity contribution is 0.476. The Morgan fingerprint density at radius 1 is 0.356 bits per heavy atom. The lowest BCUT2D eigenvalue weighted by Crippen LogP contribution is -2.11. The third-order valence-corrected chi connectivity index (χ3v) is 12.0. The highest BCUT2D eigenvalue weighted by molar-refractivity contribution is 6.14. The van der Waals surface area contributed by atoms with Crippen molar-refractivity contribution in [3.05, 3.63) is 218 Å². The Bertz CT molecular complexity index is 3420. The Hall–Kier alpha value is -7.88. The van der Waals surface area contributed by atoms with E-state index in [2.05, 4.69) is 216 Å². The molecular formula is C56H36N2O. The van der Waals surface area contributed by atoms with Crippen molar-refractivity contribution in [2.75, 3.05) is 4.90 Å². The number of fused-ring (bicyclic) bond motifs is 8. The summed E-state index contributed by atoms with van der Waals surface area (Å²) in [7, 11) is 0. The van der Waals surface area contributed by atoms with Gasteiger partial charge in [-0.1, -0.05) is 158 Å². The predicted molar refractivity (Wildman–Crippen MR) is 247 cm³/mol. The van der Waals surface area contributed by atoms with Crippen LogP contribution >= 0.6 is 0 Å². The van der Waals surface area contributed by atoms with E-state index in [-0.39, 0.29) is 0 Å². The summed E-state index contributed by atoms with van der Waals surface area (Å²) in [6, 6.07) is 78.8. The van der Waals surface area contributed by atoms with Crippen molar-refractivity contribution >= 4 is 60.4 Å². The summed E-state index contributed by atoms with van der Waals surface area (Å²) >= 11 is 0. The van der Waals surface area contributed by atoms with E-state index in [1.165, 1.54) is 60.1 Å². The number of rotatable bonds is 6. The molecule has 0 N–H and O–H groups in total. The second kappa shape index (κ2) is 13.4. The maximum atomic E-state index is 6.40. The molecule has 1 aliphatic heterocycles. The number of benzene rings is 10. The molecule has 0 saturated heterocycles. The average molecular weight is 753 g/mol. The molecule has 0 amide bonds. The summed E-state index contributed by atoms with van der Waals surface area (Å²) in [5.74, 6) is 1.75. The normalized spacial score (nSPS) is 11.9. The molecule has 12 rings (SSSR count). The molecule has 2 heterocycles. The van der Waals surface area contributed by atoms with Crippen molar-refractivity contribution in [2.24, 2.45) is 0 Å². The predicted octanol–water partition coefficient (Wildman–Crippen LogP) is 15.7. The average Bonchev–Trinajstić information content (AvgIpc) is 3.65. The van der Waals surface area contributed by atoms with Crippen LogP contribution in [0.15, 0.2) is 218 Å². The van der Waals surface area contributed by atoms with E-state index in [0.29, 0.717) is 0 Å². The highest BCUT2D eigenvalue weighted by Crippen LogP contribution is 2.47. The molecule has 3 heteroatoms. The highest BCUT2D eigenvalue weighted by Gasteiger charge is 2.24. The van der Waals surface area contributed by atoms with Crippen molar-refractivity contribution in [3.8, 4) is 50.6 Å². The largest absolute Gasteiger partial charge is 0.453 e. The first-order chi connectivity index (χ1) is 29.3. The number of hydrogen-bond donors (Lipinski definition) is 0. The van der Waals surface area contributed by atoms with Crippen molar-refractivity contribution < 1.29 is 4.74 Å². The van der Waals surface area contributed by atoms with Gasteiger partial charge in [-0.05, 0) is 110 Å². The zero-order chi connectivity index (χ0) is 38.9. The lowest BCUT2D eigenvalue weighted by Gasteiger charge is -2.28. The van der Waals surface area contributed by atoms with Gasteiger partial charge in [0.25, 0.3) is 0 Å². The van der Waals surface area contributed by atoms with E-state index < -0.39 is 0 Å². The number of para-hydroxylation sites is 4. The van der Waals surface area contributed by atoms with Crippen molar-refractivity contribution in [2.45, 2.75) is 0 Å². The lowest BCUT2D eigenvalue weighted by atomic mass is 9.94. The van der Waals surface area contributed by atoms with E-state index in [1.807, 2.05) is 12.1 Å². The molecule has 0 spiro atoms. The van der Waals surface area contributed by atoms with Gasteiger partial charge >= 0.3 is 0 Å². The van der Waals surface area contributed by atoms with E-state index in [1.54, 1.807) is 0 Å². The van der Waals surface area contributed by atoms with Gasteiger partial charge in [-0.25, -0.2) is 0 Å². The molecule has 0 fully saturated rings. The van der Waals surface area contributed by atoms with Crippen LogP contribution in [-0.4, -0.2) is 4.57 Å². The molecule has 0 aliphatic carbocycles. The Morgan fingerprint density at radius 2 is 1.02 bits per heavy atom. The molecule has 11 aromatic rings. The fourth-order valence-electron chi connectivity index (χ4n) is 9.26. The Morgan fingerprint density at radius 3 is 1.95 bits per heavy atom. The molecule has 0 bridgehead atoms. The van der Waals surface area contributed by atoms with Crippen LogP contribution in [0, 0.1) is 0 Å². The third kappa shape index (κ3) is 5.36. The zero-order valence-electron chi connectivity index (χ0n) is 32.1. The molecule has 1 aromatic heterocycles. The van der Waals surface area contributed by atoms with Gasteiger partial charge in [0.2, 0.25) is 0 Å². The second-order valence-corrected chi connectivity index (χ2v) is 15.3. The summed E-state index contributed by atoms with van der Waals surface area (Å²) in [5.41, 5.74) is 13.7. The highest BCUT2D eigenvalue weighted by atomic mass is 16.5. The molecule has 10 aromatic carbocycles. The number of hydrogen-bond acceptors (Lipinski definition) is 2. The maximum absolute atomic E-state index is 6.40. The van der Waals surface area contributed by atoms with Crippen LogP contribution < -0.4 is 9.64 Å². The van der Waals surface area contributed by atoms with Crippen LogP contribution in [0.3, 0.4) is 0 Å². The van der Waals surface area contributed by atoms with Gasteiger partial charge in [0.1, 0.15) is 0 Å². The van der Waals surface area contributed by atoms with E-state index in [9.17, 15) is 0 Å². The molecule has 276 valence electrons. The number of aromatic nitrogens is 1. The fraction of sp³-hybridized carbons (Fsp3) is 0. The van der Waals surface area contributed by atoms with Crippen LogP contribution in [0.2, 0.25) is 0 Å². The smallest absolute Gasteiger partial charge is 0.152 e. The van der Waals surface area contributed by atoms with Gasteiger partial charge in [0.05, 0.1) is 22.4 Å². The Kier molecular flexibility index (Phi) is 7.54. The molecule has 59 heavy (non-hydrogen) atoms. The van der Waals surface area contributed by atoms with E-state index >= 15 is 0 Å². The minimum absolute atomic E-state index is 0.872. The Labute approximate surface area is 342 Å². The molecule has 1 aliphatic rings. The first kappa shape index (κ1) is 33.3. The first-order valence-electron chi connectivity index (χ1n) is 20.2. The number of ether oxygens (including phenoxy) is 1. The summed E-state index contributed by atoms with van der Waals surface area (Å²) in [4.78, 5) is 2.40. The quantitative estimate of drug-likeness (QED) is 0.157. The fourth-order valence-corrected chi connectivity index (χ4v) is 9.26. The minimum Gasteiger partial charge on any atom is -0.453 e. The van der Waals surface area contributed by atoms with Crippen LogP contribution in [-0.2, 0) is 0 Å². The SMILES string of the molecule is c1ccc(-c2ccccc2N(c2ccc(-c3cccc4c3ccc3ccccc34)cc2)c2cccc(-c3ccc4c(c3)c3cccc5c3n4-c3ccccc3O5)c2)cc1. The van der Waals surface area contributed by atoms with Crippen LogP contribution in [0.1, 0.15) is 0 Å². The van der Waals surface area contributed by atoms with Gasteiger partial charge < -0.3 is 14.2 Å². The van der Waals surface area contributed by atoms with Crippen LogP contribution in [0.5, 0.6) is 11.5 Å². The van der Waals surface area contributed by atoms with Crippen molar-refractivity contribution in [3.63, 3.8) is 0 Å². The standard InChI is InChI=1S/C56H36N2O/c1-2-13-37(14-3-1)46-19-6-7-23-51(46)57(42-31-27-39(28-32-42)45-20-11-21-47-44-18-5-4-15-38(44)29-33-48(45)47)43-17-10-16-40(35-43)41-30-34-52-50(36-41)49-22-12-26-55-56(49)58(52)53-24-8-9-25-54(53)59-55/h1-36H. The van der Waals surface area contributed by atoms with Gasteiger partial charge in [-0.15, -0.1) is 0 Å². The molecule has 3 nitrogen and oxygen atoms in total. The number of nitrogens with zero attached hydrogens (tertiary/aromatic N) is 2. The van der Waals surface area contributed by atoms with E-state index in [4.69, 9.17) is 4.74 Å².